The van der Waals surface area contributed by atoms with Crippen LogP contribution in [0.3, 0.4) is 0 Å². The summed E-state index contributed by atoms with van der Waals surface area (Å²) in [6.07, 6.45) is 3.00. The van der Waals surface area contributed by atoms with Gasteiger partial charge in [0.15, 0.2) is 0 Å². The van der Waals surface area contributed by atoms with Crippen LogP contribution in [0.1, 0.15) is 34.8 Å². The second-order valence-corrected chi connectivity index (χ2v) is 7.00. The molecule has 0 aliphatic carbocycles. The average molecular weight is 352 g/mol. The van der Waals surface area contributed by atoms with Crippen molar-refractivity contribution in [3.05, 3.63) is 94.8 Å². The first-order valence-electron chi connectivity index (χ1n) is 9.01. The minimum atomic E-state index is -0.404. The van der Waals surface area contributed by atoms with Crippen LogP contribution < -0.4 is 0 Å². The SMILES string of the molecule is Cc1ccc(CN2CCCn3cccc3C2c2cc(F)ccc2F)cc1. The number of hydrogen-bond acceptors (Lipinski definition) is 1. The lowest BCUT2D eigenvalue weighted by Crippen LogP contribution is -2.30. The van der Waals surface area contributed by atoms with Gasteiger partial charge in [-0.15, -0.1) is 0 Å². The van der Waals surface area contributed by atoms with Gasteiger partial charge in [0.25, 0.3) is 0 Å². The molecule has 2 aromatic carbocycles. The van der Waals surface area contributed by atoms with Gasteiger partial charge >= 0.3 is 0 Å². The molecule has 4 heteroatoms. The summed E-state index contributed by atoms with van der Waals surface area (Å²) in [5.41, 5.74) is 3.81. The van der Waals surface area contributed by atoms with Gasteiger partial charge in [-0.25, -0.2) is 8.78 Å². The van der Waals surface area contributed by atoms with E-state index in [1.54, 1.807) is 0 Å². The molecule has 0 fully saturated rings. The van der Waals surface area contributed by atoms with E-state index in [2.05, 4.69) is 40.7 Å². The molecule has 1 atom stereocenters. The van der Waals surface area contributed by atoms with Gasteiger partial charge < -0.3 is 4.57 Å². The average Bonchev–Trinajstić information content (AvgIpc) is 3.01. The number of hydrogen-bond donors (Lipinski definition) is 0. The van der Waals surface area contributed by atoms with Crippen molar-refractivity contribution in [1.82, 2.24) is 9.47 Å². The zero-order valence-electron chi connectivity index (χ0n) is 14.8. The van der Waals surface area contributed by atoms with Gasteiger partial charge in [-0.2, -0.15) is 0 Å². The molecule has 4 rings (SSSR count). The highest BCUT2D eigenvalue weighted by Gasteiger charge is 2.29. The molecular formula is C22H22F2N2. The number of aryl methyl sites for hydroxylation is 2. The standard InChI is InChI=1S/C22H22F2N2/c1-16-5-7-17(8-6-16)15-26-13-3-12-25-11-2-4-21(25)22(26)19-14-18(23)9-10-20(19)24/h2,4-11,14,22H,3,12-13,15H2,1H3. The lowest BCUT2D eigenvalue weighted by atomic mass is 10.00. The first-order chi connectivity index (χ1) is 12.6. The third-order valence-electron chi connectivity index (χ3n) is 5.11. The Morgan fingerprint density at radius 1 is 1.00 bits per heavy atom. The Kier molecular flexibility index (Phi) is 4.60. The maximum atomic E-state index is 14.6. The third-order valence-corrected chi connectivity index (χ3v) is 5.11. The van der Waals surface area contributed by atoms with Gasteiger partial charge in [-0.1, -0.05) is 29.8 Å². The topological polar surface area (TPSA) is 8.17 Å². The molecule has 0 N–H and O–H groups in total. The molecule has 2 nitrogen and oxygen atoms in total. The summed E-state index contributed by atoms with van der Waals surface area (Å²) in [7, 11) is 0. The molecule has 0 bridgehead atoms. The summed E-state index contributed by atoms with van der Waals surface area (Å²) in [6.45, 7) is 4.48. The van der Waals surface area contributed by atoms with E-state index in [9.17, 15) is 8.78 Å². The molecule has 1 unspecified atom stereocenters. The Morgan fingerprint density at radius 3 is 2.62 bits per heavy atom. The van der Waals surface area contributed by atoms with Gasteiger partial charge in [-0.05, 0) is 49.2 Å². The number of rotatable bonds is 3. The summed E-state index contributed by atoms with van der Waals surface area (Å²) < 4.78 is 30.7. The Hall–Kier alpha value is -2.46. The molecule has 0 amide bonds. The molecule has 2 heterocycles. The minimum Gasteiger partial charge on any atom is -0.350 e. The normalized spacial score (nSPS) is 17.7. The van der Waals surface area contributed by atoms with E-state index in [1.807, 2.05) is 18.3 Å². The quantitative estimate of drug-likeness (QED) is 0.639. The summed E-state index contributed by atoms with van der Waals surface area (Å²) in [4.78, 5) is 2.25. The second-order valence-electron chi connectivity index (χ2n) is 7.00. The van der Waals surface area contributed by atoms with E-state index in [0.717, 1.165) is 25.2 Å². The zero-order valence-corrected chi connectivity index (χ0v) is 14.8. The Bertz CT molecular complexity index is 899. The number of fused-ring (bicyclic) bond motifs is 1. The highest BCUT2D eigenvalue weighted by atomic mass is 19.1. The second kappa shape index (κ2) is 7.04. The number of aromatic nitrogens is 1. The molecular weight excluding hydrogens is 330 g/mol. The van der Waals surface area contributed by atoms with E-state index in [-0.39, 0.29) is 11.9 Å². The monoisotopic (exact) mass is 352 g/mol. The van der Waals surface area contributed by atoms with Crippen LogP contribution in [0.4, 0.5) is 8.78 Å². The summed E-state index contributed by atoms with van der Waals surface area (Å²) in [5.74, 6) is -0.765. The van der Waals surface area contributed by atoms with Crippen LogP contribution in [0.2, 0.25) is 0 Å². The first-order valence-corrected chi connectivity index (χ1v) is 9.01. The van der Waals surface area contributed by atoms with Gasteiger partial charge in [0, 0.05) is 37.1 Å². The lowest BCUT2D eigenvalue weighted by Gasteiger charge is -2.31. The molecule has 0 saturated heterocycles. The van der Waals surface area contributed by atoms with Crippen molar-refractivity contribution in [2.75, 3.05) is 6.54 Å². The molecule has 3 aromatic rings. The van der Waals surface area contributed by atoms with Crippen LogP contribution in [-0.4, -0.2) is 16.0 Å². The molecule has 0 spiro atoms. The van der Waals surface area contributed by atoms with Gasteiger partial charge in [0.05, 0.1) is 6.04 Å². The minimum absolute atomic E-state index is 0.301. The van der Waals surface area contributed by atoms with Gasteiger partial charge in [-0.3, -0.25) is 4.90 Å². The highest BCUT2D eigenvalue weighted by Crippen LogP contribution is 2.34. The van der Waals surface area contributed by atoms with Crippen LogP contribution in [0.25, 0.3) is 0 Å². The number of halogens is 2. The van der Waals surface area contributed by atoms with Crippen molar-refractivity contribution in [2.24, 2.45) is 0 Å². The summed E-state index contributed by atoms with van der Waals surface area (Å²) in [5, 5.41) is 0. The number of nitrogens with zero attached hydrogens (tertiary/aromatic N) is 2. The smallest absolute Gasteiger partial charge is 0.128 e. The van der Waals surface area contributed by atoms with Crippen LogP contribution >= 0.6 is 0 Å². The molecule has 0 radical (unpaired) electrons. The van der Waals surface area contributed by atoms with Crippen molar-refractivity contribution >= 4 is 0 Å². The van der Waals surface area contributed by atoms with E-state index < -0.39 is 5.82 Å². The van der Waals surface area contributed by atoms with Crippen molar-refractivity contribution in [3.8, 4) is 0 Å². The van der Waals surface area contributed by atoms with Crippen molar-refractivity contribution in [1.29, 1.82) is 0 Å². The number of benzene rings is 2. The van der Waals surface area contributed by atoms with E-state index in [1.165, 1.54) is 29.3 Å². The predicted octanol–water partition coefficient (Wildman–Crippen LogP) is 5.07. The zero-order chi connectivity index (χ0) is 18.1. The van der Waals surface area contributed by atoms with Crippen LogP contribution in [-0.2, 0) is 13.1 Å². The Morgan fingerprint density at radius 2 is 1.81 bits per heavy atom. The fraction of sp³-hybridized carbons (Fsp3) is 0.273. The Labute approximate surface area is 152 Å². The predicted molar refractivity (Wildman–Crippen MR) is 98.8 cm³/mol. The summed E-state index contributed by atoms with van der Waals surface area (Å²) in [6, 6.07) is 15.8. The Balaban J connectivity index is 1.77. The lowest BCUT2D eigenvalue weighted by molar-refractivity contribution is 0.216. The molecule has 1 aliphatic heterocycles. The maximum absolute atomic E-state index is 14.6. The van der Waals surface area contributed by atoms with Crippen LogP contribution in [0, 0.1) is 18.6 Å². The fourth-order valence-corrected chi connectivity index (χ4v) is 3.82. The molecule has 26 heavy (non-hydrogen) atoms. The largest absolute Gasteiger partial charge is 0.350 e. The molecule has 1 aromatic heterocycles. The molecule has 1 aliphatic rings. The fourth-order valence-electron chi connectivity index (χ4n) is 3.82. The molecule has 0 saturated carbocycles. The van der Waals surface area contributed by atoms with Gasteiger partial charge in [0.1, 0.15) is 11.6 Å². The van der Waals surface area contributed by atoms with Crippen LogP contribution in [0.5, 0.6) is 0 Å². The molecule has 134 valence electrons. The van der Waals surface area contributed by atoms with Crippen molar-refractivity contribution in [3.63, 3.8) is 0 Å². The van der Waals surface area contributed by atoms with Crippen molar-refractivity contribution < 1.29 is 8.78 Å². The highest BCUT2D eigenvalue weighted by molar-refractivity contribution is 5.32. The first kappa shape index (κ1) is 17.0. The van der Waals surface area contributed by atoms with Gasteiger partial charge in [0.2, 0.25) is 0 Å². The van der Waals surface area contributed by atoms with Crippen molar-refractivity contribution in [2.45, 2.75) is 32.5 Å². The van der Waals surface area contributed by atoms with E-state index in [4.69, 9.17) is 0 Å². The third kappa shape index (κ3) is 3.29. The summed E-state index contributed by atoms with van der Waals surface area (Å²) >= 11 is 0. The maximum Gasteiger partial charge on any atom is 0.128 e. The van der Waals surface area contributed by atoms with Crippen LogP contribution in [0.15, 0.2) is 60.8 Å². The van der Waals surface area contributed by atoms with E-state index >= 15 is 0 Å². The van der Waals surface area contributed by atoms with E-state index in [0.29, 0.717) is 12.1 Å².